The van der Waals surface area contributed by atoms with Gasteiger partial charge in [-0.25, -0.2) is 0 Å². The van der Waals surface area contributed by atoms with Gasteiger partial charge in [0.1, 0.15) is 11.2 Å². The van der Waals surface area contributed by atoms with E-state index < -0.39 is 0 Å². The molecule has 2 heteroatoms. The van der Waals surface area contributed by atoms with Crippen molar-refractivity contribution in [1.29, 1.82) is 0 Å². The lowest BCUT2D eigenvalue weighted by atomic mass is 9.96. The van der Waals surface area contributed by atoms with Crippen molar-refractivity contribution in [2.45, 2.75) is 0 Å². The van der Waals surface area contributed by atoms with Gasteiger partial charge in [-0.15, -0.1) is 0 Å². The largest absolute Gasteiger partial charge is 0.456 e. The van der Waals surface area contributed by atoms with E-state index in [9.17, 15) is 0 Å². The molecule has 1 heterocycles. The lowest BCUT2D eigenvalue weighted by Crippen LogP contribution is -2.09. The summed E-state index contributed by atoms with van der Waals surface area (Å²) in [5, 5.41) is 4.75. The van der Waals surface area contributed by atoms with Crippen LogP contribution >= 0.6 is 0 Å². The van der Waals surface area contributed by atoms with Crippen molar-refractivity contribution < 1.29 is 4.42 Å². The molecule has 0 bridgehead atoms. The third kappa shape index (κ3) is 6.70. The van der Waals surface area contributed by atoms with Gasteiger partial charge in [-0.3, -0.25) is 0 Å². The minimum Gasteiger partial charge on any atom is -0.456 e. The number of nitrogens with zero attached hydrogens (tertiary/aromatic N) is 1. The van der Waals surface area contributed by atoms with Crippen molar-refractivity contribution in [3.05, 3.63) is 237 Å². The molecule has 0 saturated carbocycles. The lowest BCUT2D eigenvalue weighted by molar-refractivity contribution is 0.669. The molecular weight excluding hydrogens is 727 g/mol. The average molecular weight is 766 g/mol. The predicted octanol–water partition coefficient (Wildman–Crippen LogP) is 16.5. The smallest absolute Gasteiger partial charge is 0.137 e. The van der Waals surface area contributed by atoms with E-state index in [1.807, 2.05) is 12.1 Å². The maximum absolute atomic E-state index is 6.37. The van der Waals surface area contributed by atoms with Gasteiger partial charge in [0.05, 0.1) is 0 Å². The first-order valence-electron chi connectivity index (χ1n) is 20.5. The quantitative estimate of drug-likeness (QED) is 0.153. The molecule has 0 N–H and O–H groups in total. The highest BCUT2D eigenvalue weighted by molar-refractivity contribution is 6.06. The van der Waals surface area contributed by atoms with E-state index in [1.165, 1.54) is 60.8 Å². The van der Waals surface area contributed by atoms with Crippen LogP contribution in [-0.2, 0) is 0 Å². The van der Waals surface area contributed by atoms with E-state index in [4.69, 9.17) is 4.42 Å². The third-order valence-electron chi connectivity index (χ3n) is 11.7. The minimum atomic E-state index is 0.869. The van der Waals surface area contributed by atoms with E-state index in [-0.39, 0.29) is 0 Å². The number of hydrogen-bond donors (Lipinski definition) is 0. The van der Waals surface area contributed by atoms with Crippen molar-refractivity contribution in [3.8, 4) is 55.6 Å². The molecule has 0 aliphatic carbocycles. The molecule has 0 amide bonds. The van der Waals surface area contributed by atoms with E-state index in [0.717, 1.165) is 44.6 Å². The highest BCUT2D eigenvalue weighted by Crippen LogP contribution is 2.40. The Bertz CT molecular complexity index is 3270. The van der Waals surface area contributed by atoms with Crippen LogP contribution < -0.4 is 4.90 Å². The van der Waals surface area contributed by atoms with Gasteiger partial charge in [-0.2, -0.15) is 0 Å². The highest BCUT2D eigenvalue weighted by atomic mass is 16.3. The Morgan fingerprint density at radius 1 is 0.233 bits per heavy atom. The van der Waals surface area contributed by atoms with Gasteiger partial charge in [-0.05, 0) is 121 Å². The predicted molar refractivity (Wildman–Crippen MR) is 253 cm³/mol. The van der Waals surface area contributed by atoms with Crippen LogP contribution in [0.2, 0.25) is 0 Å². The van der Waals surface area contributed by atoms with Gasteiger partial charge in [0.2, 0.25) is 0 Å². The molecular formula is C58H39NO. The Hall–Kier alpha value is -7.94. The van der Waals surface area contributed by atoms with Gasteiger partial charge < -0.3 is 9.32 Å². The SMILES string of the molecule is c1ccc(-c2ccc(-c3ccc(N(c4ccc(-c5ccc(-c6cccc(-c7ccc8ccccc8c7)c6)cc5)cc4)c4ccc5c(c4)oc4ccccc45)cc3)cc2)cc1. The Morgan fingerprint density at radius 3 is 1.28 bits per heavy atom. The summed E-state index contributed by atoms with van der Waals surface area (Å²) < 4.78 is 6.37. The van der Waals surface area contributed by atoms with Crippen LogP contribution in [0, 0.1) is 0 Å². The standard InChI is InChI=1S/C58H39NO/c1-2-9-40(10-3-1)42-17-19-43(20-18-42)45-27-31-52(32-28-45)59(54-35-36-56-55-15-6-7-16-57(55)60-58(56)39-54)53-33-29-46(30-34-53)44-21-23-47(24-22-44)49-13-8-14-50(37-49)51-26-25-41-11-4-5-12-48(41)38-51/h1-39H. The molecule has 0 unspecified atom stereocenters. The number of para-hydroxylation sites is 1. The molecule has 60 heavy (non-hydrogen) atoms. The molecule has 11 aromatic rings. The molecule has 2 nitrogen and oxygen atoms in total. The molecule has 0 aliphatic rings. The molecule has 0 radical (unpaired) electrons. The second kappa shape index (κ2) is 15.1. The lowest BCUT2D eigenvalue weighted by Gasteiger charge is -2.26. The number of hydrogen-bond acceptors (Lipinski definition) is 2. The van der Waals surface area contributed by atoms with Crippen molar-refractivity contribution >= 4 is 49.8 Å². The second-order valence-corrected chi connectivity index (χ2v) is 15.4. The van der Waals surface area contributed by atoms with Crippen LogP contribution in [0.1, 0.15) is 0 Å². The Labute approximate surface area is 349 Å². The second-order valence-electron chi connectivity index (χ2n) is 15.4. The van der Waals surface area contributed by atoms with Gasteiger partial charge in [0.15, 0.2) is 0 Å². The zero-order chi connectivity index (χ0) is 39.8. The molecule has 11 rings (SSSR count). The summed E-state index contributed by atoms with van der Waals surface area (Å²) in [6.45, 7) is 0. The fourth-order valence-corrected chi connectivity index (χ4v) is 8.49. The van der Waals surface area contributed by atoms with Crippen molar-refractivity contribution in [2.75, 3.05) is 4.90 Å². The molecule has 0 saturated heterocycles. The zero-order valence-electron chi connectivity index (χ0n) is 32.9. The Balaban J connectivity index is 0.896. The fraction of sp³-hybridized carbons (Fsp3) is 0. The average Bonchev–Trinajstić information content (AvgIpc) is 3.70. The highest BCUT2D eigenvalue weighted by Gasteiger charge is 2.16. The van der Waals surface area contributed by atoms with Crippen LogP contribution in [0.4, 0.5) is 17.1 Å². The summed E-state index contributed by atoms with van der Waals surface area (Å²) in [7, 11) is 0. The van der Waals surface area contributed by atoms with Crippen molar-refractivity contribution in [2.24, 2.45) is 0 Å². The first kappa shape index (κ1) is 35.2. The van der Waals surface area contributed by atoms with Gasteiger partial charge in [0.25, 0.3) is 0 Å². The molecule has 0 atom stereocenters. The normalized spacial score (nSPS) is 11.3. The van der Waals surface area contributed by atoms with Crippen LogP contribution in [0.3, 0.4) is 0 Å². The summed E-state index contributed by atoms with van der Waals surface area (Å²) in [5.74, 6) is 0. The Kier molecular flexibility index (Phi) is 8.87. The molecule has 0 fully saturated rings. The molecule has 0 aliphatic heterocycles. The summed E-state index contributed by atoms with van der Waals surface area (Å²) in [6.07, 6.45) is 0. The maximum Gasteiger partial charge on any atom is 0.137 e. The number of fused-ring (bicyclic) bond motifs is 4. The van der Waals surface area contributed by atoms with Crippen LogP contribution in [0.25, 0.3) is 88.3 Å². The number of furan rings is 1. The first-order chi connectivity index (χ1) is 29.7. The summed E-state index contributed by atoms with van der Waals surface area (Å²) in [4.78, 5) is 2.31. The van der Waals surface area contributed by atoms with Gasteiger partial charge in [-0.1, -0.05) is 176 Å². The minimum absolute atomic E-state index is 0.869. The first-order valence-corrected chi connectivity index (χ1v) is 20.5. The zero-order valence-corrected chi connectivity index (χ0v) is 32.9. The molecule has 0 spiro atoms. The number of anilines is 3. The van der Waals surface area contributed by atoms with Gasteiger partial charge in [0, 0.05) is 33.9 Å². The van der Waals surface area contributed by atoms with Crippen LogP contribution in [0.15, 0.2) is 241 Å². The summed E-state index contributed by atoms with van der Waals surface area (Å²) >= 11 is 0. The monoisotopic (exact) mass is 765 g/mol. The fourth-order valence-electron chi connectivity index (χ4n) is 8.49. The summed E-state index contributed by atoms with van der Waals surface area (Å²) in [5.41, 5.74) is 16.9. The number of rotatable bonds is 8. The topological polar surface area (TPSA) is 16.4 Å². The maximum atomic E-state index is 6.37. The summed E-state index contributed by atoms with van der Waals surface area (Å²) in [6, 6.07) is 84.8. The van der Waals surface area contributed by atoms with E-state index in [0.29, 0.717) is 0 Å². The van der Waals surface area contributed by atoms with Crippen LogP contribution in [0.5, 0.6) is 0 Å². The van der Waals surface area contributed by atoms with E-state index in [1.54, 1.807) is 0 Å². The third-order valence-corrected chi connectivity index (χ3v) is 11.7. The van der Waals surface area contributed by atoms with E-state index in [2.05, 4.69) is 229 Å². The van der Waals surface area contributed by atoms with Crippen LogP contribution in [-0.4, -0.2) is 0 Å². The molecule has 282 valence electrons. The number of benzene rings is 10. The van der Waals surface area contributed by atoms with E-state index >= 15 is 0 Å². The van der Waals surface area contributed by atoms with Gasteiger partial charge >= 0.3 is 0 Å². The molecule has 10 aromatic carbocycles. The van der Waals surface area contributed by atoms with Crippen molar-refractivity contribution in [1.82, 2.24) is 0 Å². The molecule has 1 aromatic heterocycles. The Morgan fingerprint density at radius 2 is 0.650 bits per heavy atom. The van der Waals surface area contributed by atoms with Crippen molar-refractivity contribution in [3.63, 3.8) is 0 Å².